The van der Waals surface area contributed by atoms with Crippen molar-refractivity contribution < 1.29 is 13.2 Å². The van der Waals surface area contributed by atoms with Crippen LogP contribution in [-0.2, 0) is 21.3 Å². The Balaban J connectivity index is 1.77. The molecule has 0 saturated carbocycles. The lowest BCUT2D eigenvalue weighted by Crippen LogP contribution is -2.39. The minimum atomic E-state index is -4.08. The molecule has 7 heteroatoms. The highest BCUT2D eigenvalue weighted by Gasteiger charge is 2.47. The van der Waals surface area contributed by atoms with Crippen LogP contribution in [0.1, 0.15) is 33.7 Å². The Kier molecular flexibility index (Phi) is 5.18. The number of hydrogen-bond acceptors (Lipinski definition) is 5. The maximum atomic E-state index is 14.3. The Morgan fingerprint density at radius 1 is 1.00 bits per heavy atom. The molecule has 3 aromatic carbocycles. The first kappa shape index (κ1) is 21.8. The number of nitrogens with two attached hydrogens (primary N) is 1. The average Bonchev–Trinajstić information content (AvgIpc) is 2.82. The molecular weight excluding hydrogens is 446 g/mol. The molecule has 34 heavy (non-hydrogen) atoms. The van der Waals surface area contributed by atoms with Gasteiger partial charge in [0.15, 0.2) is 5.76 Å². The van der Waals surface area contributed by atoms with Crippen LogP contribution in [0.4, 0.5) is 5.69 Å². The van der Waals surface area contributed by atoms with Gasteiger partial charge in [0, 0.05) is 5.56 Å². The monoisotopic (exact) mass is 469 g/mol. The van der Waals surface area contributed by atoms with E-state index in [1.807, 2.05) is 74.5 Å². The molecule has 2 heterocycles. The highest BCUT2D eigenvalue weighted by atomic mass is 32.2. The first-order valence-electron chi connectivity index (χ1n) is 10.9. The number of nitriles is 1. The third kappa shape index (κ3) is 3.35. The fourth-order valence-electron chi connectivity index (χ4n) is 4.56. The number of benzene rings is 3. The van der Waals surface area contributed by atoms with E-state index in [-0.39, 0.29) is 28.7 Å². The van der Waals surface area contributed by atoms with Crippen molar-refractivity contribution in [3.8, 4) is 6.07 Å². The molecule has 2 N–H and O–H groups in total. The zero-order valence-electron chi connectivity index (χ0n) is 18.8. The Bertz CT molecular complexity index is 1510. The van der Waals surface area contributed by atoms with E-state index in [1.54, 1.807) is 12.1 Å². The van der Waals surface area contributed by atoms with Crippen LogP contribution >= 0.6 is 0 Å². The number of ether oxygens (including phenoxy) is 1. The van der Waals surface area contributed by atoms with Gasteiger partial charge in [-0.25, -0.2) is 8.42 Å². The molecule has 6 nitrogen and oxygen atoms in total. The smallest absolute Gasteiger partial charge is 0.265 e. The molecule has 0 aliphatic carbocycles. The highest BCUT2D eigenvalue weighted by Crippen LogP contribution is 2.51. The van der Waals surface area contributed by atoms with Crippen LogP contribution in [0.5, 0.6) is 0 Å². The van der Waals surface area contributed by atoms with Gasteiger partial charge in [0.1, 0.15) is 16.5 Å². The van der Waals surface area contributed by atoms with Gasteiger partial charge < -0.3 is 10.5 Å². The van der Waals surface area contributed by atoms with Crippen LogP contribution in [0.2, 0.25) is 0 Å². The minimum Gasteiger partial charge on any atom is -0.439 e. The summed E-state index contributed by atoms with van der Waals surface area (Å²) < 4.78 is 35.8. The summed E-state index contributed by atoms with van der Waals surface area (Å²) in [5, 5.41) is 9.97. The molecule has 170 valence electrons. The SMILES string of the molecule is Cc1ccc(CN2c3ccccc3C3=C([C@H](c4ccccc4C)C(C#N)=C(N)O3)S2(=O)=O)cc1. The second-order valence-electron chi connectivity index (χ2n) is 8.49. The van der Waals surface area contributed by atoms with Gasteiger partial charge in [-0.15, -0.1) is 0 Å². The lowest BCUT2D eigenvalue weighted by atomic mass is 9.86. The van der Waals surface area contributed by atoms with Crippen LogP contribution in [0.3, 0.4) is 0 Å². The zero-order valence-corrected chi connectivity index (χ0v) is 19.6. The van der Waals surface area contributed by atoms with Gasteiger partial charge in [0.2, 0.25) is 5.88 Å². The van der Waals surface area contributed by atoms with E-state index in [0.29, 0.717) is 16.8 Å². The first-order chi connectivity index (χ1) is 16.3. The van der Waals surface area contributed by atoms with Gasteiger partial charge in [0.05, 0.1) is 18.2 Å². The van der Waals surface area contributed by atoms with Crippen LogP contribution in [0.25, 0.3) is 5.76 Å². The number of para-hydroxylation sites is 1. The molecule has 2 aliphatic heterocycles. The van der Waals surface area contributed by atoms with Crippen LogP contribution in [0, 0.1) is 25.2 Å². The van der Waals surface area contributed by atoms with Crippen LogP contribution < -0.4 is 10.0 Å². The number of allylic oxidation sites excluding steroid dienone is 2. The lowest BCUT2D eigenvalue weighted by molar-refractivity contribution is 0.357. The van der Waals surface area contributed by atoms with Crippen molar-refractivity contribution >= 4 is 21.5 Å². The van der Waals surface area contributed by atoms with Gasteiger partial charge in [-0.2, -0.15) is 5.26 Å². The maximum Gasteiger partial charge on any atom is 0.265 e. The van der Waals surface area contributed by atoms with E-state index >= 15 is 0 Å². The topological polar surface area (TPSA) is 96.4 Å². The van der Waals surface area contributed by atoms with E-state index < -0.39 is 15.9 Å². The molecule has 0 fully saturated rings. The average molecular weight is 470 g/mol. The van der Waals surface area contributed by atoms with Crippen LogP contribution in [0.15, 0.2) is 89.2 Å². The van der Waals surface area contributed by atoms with Crippen molar-refractivity contribution in [3.05, 3.63) is 117 Å². The number of fused-ring (bicyclic) bond motifs is 2. The molecule has 5 rings (SSSR count). The molecule has 0 amide bonds. The zero-order chi connectivity index (χ0) is 24.0. The van der Waals surface area contributed by atoms with Crippen LogP contribution in [-0.4, -0.2) is 8.42 Å². The number of anilines is 1. The molecule has 1 atom stereocenters. The minimum absolute atomic E-state index is 0.0401. The van der Waals surface area contributed by atoms with Crippen molar-refractivity contribution in [3.63, 3.8) is 0 Å². The summed E-state index contributed by atoms with van der Waals surface area (Å²) in [6, 6.07) is 24.5. The van der Waals surface area contributed by atoms with Gasteiger partial charge in [-0.05, 0) is 42.7 Å². The summed E-state index contributed by atoms with van der Waals surface area (Å²) in [6.07, 6.45) is 0. The number of aryl methyl sites for hydroxylation is 2. The molecule has 2 aliphatic rings. The van der Waals surface area contributed by atoms with Crippen molar-refractivity contribution in [1.29, 1.82) is 5.26 Å². The largest absolute Gasteiger partial charge is 0.439 e. The van der Waals surface area contributed by atoms with Gasteiger partial charge in [-0.3, -0.25) is 4.31 Å². The van der Waals surface area contributed by atoms with E-state index in [0.717, 1.165) is 16.7 Å². The number of rotatable bonds is 3. The molecule has 0 aromatic heterocycles. The highest BCUT2D eigenvalue weighted by molar-refractivity contribution is 7.96. The van der Waals surface area contributed by atoms with Gasteiger partial charge in [0.25, 0.3) is 10.0 Å². The predicted molar refractivity (Wildman–Crippen MR) is 131 cm³/mol. The van der Waals surface area contributed by atoms with Gasteiger partial charge >= 0.3 is 0 Å². The summed E-state index contributed by atoms with van der Waals surface area (Å²) in [7, 11) is -4.08. The van der Waals surface area contributed by atoms with Gasteiger partial charge in [-0.1, -0.05) is 66.2 Å². The molecular formula is C27H23N3O3S. The first-order valence-corrected chi connectivity index (χ1v) is 12.3. The fraction of sp³-hybridized carbons (Fsp3) is 0.148. The molecule has 0 bridgehead atoms. The number of sulfonamides is 1. The maximum absolute atomic E-state index is 14.3. The number of nitrogens with zero attached hydrogens (tertiary/aromatic N) is 2. The molecule has 0 saturated heterocycles. The summed E-state index contributed by atoms with van der Waals surface area (Å²) in [4.78, 5) is 0.0401. The van der Waals surface area contributed by atoms with E-state index in [4.69, 9.17) is 10.5 Å². The van der Waals surface area contributed by atoms with E-state index in [9.17, 15) is 13.7 Å². The second-order valence-corrected chi connectivity index (χ2v) is 10.3. The van der Waals surface area contributed by atoms with Crippen molar-refractivity contribution in [2.24, 2.45) is 5.73 Å². The second kappa shape index (κ2) is 8.08. The predicted octanol–water partition coefficient (Wildman–Crippen LogP) is 4.83. The molecule has 0 radical (unpaired) electrons. The van der Waals surface area contributed by atoms with Crippen molar-refractivity contribution in [2.75, 3.05) is 4.31 Å². The molecule has 0 unspecified atom stereocenters. The van der Waals surface area contributed by atoms with E-state index in [2.05, 4.69) is 6.07 Å². The third-order valence-electron chi connectivity index (χ3n) is 6.30. The number of hydrogen-bond donors (Lipinski definition) is 1. The van der Waals surface area contributed by atoms with E-state index in [1.165, 1.54) is 4.31 Å². The Hall–Kier alpha value is -4.02. The standard InChI is InChI=1S/C27H23N3O3S/c1-17-11-13-19(14-12-17)16-30-23-10-6-5-9-21(23)25-26(34(30,31)32)24(22(15-28)27(29)33-25)20-8-4-3-7-18(20)2/h3-14,24H,16,29H2,1-2H3/t24-/m1/s1. The fourth-order valence-corrected chi connectivity index (χ4v) is 6.46. The van der Waals surface area contributed by atoms with Crippen molar-refractivity contribution in [2.45, 2.75) is 26.3 Å². The van der Waals surface area contributed by atoms with Crippen molar-refractivity contribution in [1.82, 2.24) is 0 Å². The Morgan fingerprint density at radius 2 is 1.68 bits per heavy atom. The molecule has 0 spiro atoms. The molecule has 3 aromatic rings. The summed E-state index contributed by atoms with van der Waals surface area (Å²) in [6.45, 7) is 4.03. The third-order valence-corrected chi connectivity index (χ3v) is 8.19. The Labute approximate surface area is 199 Å². The summed E-state index contributed by atoms with van der Waals surface area (Å²) in [5.74, 6) is -0.763. The Morgan fingerprint density at radius 3 is 2.38 bits per heavy atom. The quantitative estimate of drug-likeness (QED) is 0.593. The normalized spacial score (nSPS) is 18.6. The summed E-state index contributed by atoms with van der Waals surface area (Å²) in [5.41, 5.74) is 10.9. The lowest BCUT2D eigenvalue weighted by Gasteiger charge is -2.38. The summed E-state index contributed by atoms with van der Waals surface area (Å²) >= 11 is 0.